The van der Waals surface area contributed by atoms with Gasteiger partial charge in [0, 0.05) is 25.9 Å². The molecular formula is C23H34O4. The molecule has 4 heteroatoms. The summed E-state index contributed by atoms with van der Waals surface area (Å²) in [7, 11) is 1.71. The Morgan fingerprint density at radius 3 is 2.78 bits per heavy atom. The minimum Gasteiger partial charge on any atom is -0.389 e. The second-order valence-corrected chi connectivity index (χ2v) is 7.84. The number of unbranched alkanes of at least 4 members (excludes halogenated alkanes) is 2. The van der Waals surface area contributed by atoms with E-state index in [1.54, 1.807) is 7.11 Å². The molecule has 27 heavy (non-hydrogen) atoms. The third-order valence-corrected chi connectivity index (χ3v) is 5.89. The molecule has 2 fully saturated rings. The van der Waals surface area contributed by atoms with Crippen LogP contribution in [0.15, 0.2) is 42.5 Å². The molecule has 4 nitrogen and oxygen atoms in total. The van der Waals surface area contributed by atoms with Gasteiger partial charge in [0.1, 0.15) is 0 Å². The van der Waals surface area contributed by atoms with Crippen LogP contribution in [0.1, 0.15) is 51.0 Å². The Hall–Kier alpha value is -1.20. The van der Waals surface area contributed by atoms with Gasteiger partial charge < -0.3 is 19.3 Å². The lowest BCUT2D eigenvalue weighted by Gasteiger charge is -2.22. The van der Waals surface area contributed by atoms with E-state index in [1.807, 2.05) is 24.3 Å². The number of methoxy groups -OCH3 is 1. The van der Waals surface area contributed by atoms with Gasteiger partial charge >= 0.3 is 0 Å². The maximum absolute atomic E-state index is 10.3. The van der Waals surface area contributed by atoms with Crippen molar-refractivity contribution in [1.82, 2.24) is 0 Å². The largest absolute Gasteiger partial charge is 0.389 e. The smallest absolute Gasteiger partial charge is 0.157 e. The van der Waals surface area contributed by atoms with Crippen LogP contribution in [0.3, 0.4) is 0 Å². The fourth-order valence-corrected chi connectivity index (χ4v) is 4.35. The van der Waals surface area contributed by atoms with Gasteiger partial charge in [-0.15, -0.1) is 0 Å². The van der Waals surface area contributed by atoms with Gasteiger partial charge in [0.25, 0.3) is 0 Å². The zero-order valence-corrected chi connectivity index (χ0v) is 16.6. The van der Waals surface area contributed by atoms with Gasteiger partial charge in [0.15, 0.2) is 6.29 Å². The van der Waals surface area contributed by atoms with Gasteiger partial charge in [-0.2, -0.15) is 0 Å². The van der Waals surface area contributed by atoms with Crippen LogP contribution in [0, 0.1) is 11.8 Å². The number of aliphatic hydroxyl groups is 1. The Balaban J connectivity index is 1.61. The fraction of sp³-hybridized carbons (Fsp3) is 0.652. The zero-order valence-electron chi connectivity index (χ0n) is 16.6. The van der Waals surface area contributed by atoms with Crippen molar-refractivity contribution in [2.75, 3.05) is 7.11 Å². The van der Waals surface area contributed by atoms with E-state index >= 15 is 0 Å². The highest BCUT2D eigenvalue weighted by Gasteiger charge is 2.49. The van der Waals surface area contributed by atoms with Crippen LogP contribution in [0.25, 0.3) is 0 Å². The summed E-state index contributed by atoms with van der Waals surface area (Å²) < 4.78 is 17.7. The highest BCUT2D eigenvalue weighted by molar-refractivity contribution is 5.14. The Morgan fingerprint density at radius 1 is 1.22 bits per heavy atom. The quantitative estimate of drug-likeness (QED) is 0.485. The van der Waals surface area contributed by atoms with E-state index in [2.05, 4.69) is 25.1 Å². The SMILES string of the molecule is CCCCCC(O)C=CC1C(OCc2ccccc2)C[C@H]2O[C@H](OC)C[C@H]12. The van der Waals surface area contributed by atoms with Crippen LogP contribution in [0.4, 0.5) is 0 Å². The number of hydrogen-bond acceptors (Lipinski definition) is 4. The summed E-state index contributed by atoms with van der Waals surface area (Å²) in [4.78, 5) is 0. The molecule has 2 aliphatic rings. The predicted molar refractivity (Wildman–Crippen MR) is 106 cm³/mol. The minimum absolute atomic E-state index is 0.111. The van der Waals surface area contributed by atoms with Crippen molar-refractivity contribution < 1.29 is 19.3 Å². The highest BCUT2D eigenvalue weighted by Crippen LogP contribution is 2.45. The molecule has 0 amide bonds. The molecule has 3 unspecified atom stereocenters. The van der Waals surface area contributed by atoms with E-state index in [-0.39, 0.29) is 30.5 Å². The first kappa shape index (κ1) is 20.5. The average molecular weight is 375 g/mol. The normalized spacial score (nSPS) is 31.4. The number of fused-ring (bicyclic) bond motifs is 1. The Labute approximate surface area is 163 Å². The molecule has 1 aromatic carbocycles. The van der Waals surface area contributed by atoms with Crippen LogP contribution >= 0.6 is 0 Å². The van der Waals surface area contributed by atoms with E-state index in [1.165, 1.54) is 18.4 Å². The number of benzene rings is 1. The van der Waals surface area contributed by atoms with E-state index in [0.717, 1.165) is 25.7 Å². The van der Waals surface area contributed by atoms with Gasteiger partial charge in [0.05, 0.1) is 24.9 Å². The first-order valence-corrected chi connectivity index (χ1v) is 10.4. The molecule has 1 N–H and O–H groups in total. The number of aliphatic hydroxyl groups excluding tert-OH is 1. The molecule has 0 bridgehead atoms. The molecule has 3 rings (SSSR count). The summed E-state index contributed by atoms with van der Waals surface area (Å²) in [6, 6.07) is 10.3. The summed E-state index contributed by atoms with van der Waals surface area (Å²) in [5.41, 5.74) is 1.19. The summed E-state index contributed by atoms with van der Waals surface area (Å²) >= 11 is 0. The van der Waals surface area contributed by atoms with Crippen LogP contribution < -0.4 is 0 Å². The van der Waals surface area contributed by atoms with Gasteiger partial charge in [-0.3, -0.25) is 0 Å². The standard InChI is InChI=1S/C23H34O4/c1-3-4-6-11-18(24)12-13-19-20-14-23(25-2)27-22(20)15-21(19)26-16-17-9-7-5-8-10-17/h5,7-10,12-13,18-24H,3-4,6,11,14-16H2,1-2H3/t18?,19?,20-,21?,22-,23+/m1/s1. The van der Waals surface area contributed by atoms with E-state index in [4.69, 9.17) is 14.2 Å². The van der Waals surface area contributed by atoms with Gasteiger partial charge in [-0.05, 0) is 17.9 Å². The molecule has 1 saturated heterocycles. The maximum Gasteiger partial charge on any atom is 0.157 e. The maximum atomic E-state index is 10.3. The number of hydrogen-bond donors (Lipinski definition) is 1. The Kier molecular flexibility index (Phi) is 7.89. The number of rotatable bonds is 10. The van der Waals surface area contributed by atoms with Crippen LogP contribution in [-0.4, -0.2) is 36.8 Å². The van der Waals surface area contributed by atoms with E-state index in [0.29, 0.717) is 12.5 Å². The fourth-order valence-electron chi connectivity index (χ4n) is 4.35. The molecule has 150 valence electrons. The van der Waals surface area contributed by atoms with Crippen molar-refractivity contribution in [2.45, 2.75) is 76.7 Å². The summed E-state index contributed by atoms with van der Waals surface area (Å²) in [6.45, 7) is 2.80. The van der Waals surface area contributed by atoms with Crippen molar-refractivity contribution in [1.29, 1.82) is 0 Å². The van der Waals surface area contributed by atoms with Crippen molar-refractivity contribution in [3.63, 3.8) is 0 Å². The van der Waals surface area contributed by atoms with Crippen molar-refractivity contribution >= 4 is 0 Å². The third-order valence-electron chi connectivity index (χ3n) is 5.89. The first-order valence-electron chi connectivity index (χ1n) is 10.4. The summed E-state index contributed by atoms with van der Waals surface area (Å²) in [5, 5.41) is 10.3. The molecule has 1 saturated carbocycles. The van der Waals surface area contributed by atoms with Gasteiger partial charge in [-0.25, -0.2) is 0 Å². The molecule has 0 spiro atoms. The summed E-state index contributed by atoms with van der Waals surface area (Å²) in [5.74, 6) is 0.662. The van der Waals surface area contributed by atoms with E-state index < -0.39 is 0 Å². The Bertz CT molecular complexity index is 573. The third kappa shape index (κ3) is 5.64. The highest BCUT2D eigenvalue weighted by atomic mass is 16.7. The minimum atomic E-state index is -0.370. The topological polar surface area (TPSA) is 47.9 Å². The Morgan fingerprint density at radius 2 is 2.04 bits per heavy atom. The van der Waals surface area contributed by atoms with Crippen LogP contribution in [0.2, 0.25) is 0 Å². The molecule has 6 atom stereocenters. The average Bonchev–Trinajstić information content (AvgIpc) is 3.23. The van der Waals surface area contributed by atoms with Gasteiger partial charge in [-0.1, -0.05) is 68.7 Å². The molecule has 1 aromatic rings. The van der Waals surface area contributed by atoms with Crippen molar-refractivity contribution in [2.24, 2.45) is 11.8 Å². The zero-order chi connectivity index (χ0) is 19.1. The van der Waals surface area contributed by atoms with Crippen LogP contribution in [-0.2, 0) is 20.8 Å². The van der Waals surface area contributed by atoms with E-state index in [9.17, 15) is 5.11 Å². The molecule has 1 heterocycles. The second kappa shape index (κ2) is 10.4. The molecule has 1 aliphatic carbocycles. The number of ether oxygens (including phenoxy) is 3. The van der Waals surface area contributed by atoms with Crippen molar-refractivity contribution in [3.8, 4) is 0 Å². The monoisotopic (exact) mass is 374 g/mol. The van der Waals surface area contributed by atoms with Crippen molar-refractivity contribution in [3.05, 3.63) is 48.0 Å². The lowest BCUT2D eigenvalue weighted by Crippen LogP contribution is -2.23. The molecule has 1 aliphatic heterocycles. The van der Waals surface area contributed by atoms with Crippen LogP contribution in [0.5, 0.6) is 0 Å². The first-order chi connectivity index (χ1) is 13.2. The summed E-state index contributed by atoms with van der Waals surface area (Å²) in [6.07, 6.45) is 10.0. The lowest BCUT2D eigenvalue weighted by molar-refractivity contribution is -0.121. The molecular weight excluding hydrogens is 340 g/mol. The molecule has 0 aromatic heterocycles. The second-order valence-electron chi connectivity index (χ2n) is 7.84. The van der Waals surface area contributed by atoms with Gasteiger partial charge in [0.2, 0.25) is 0 Å². The lowest BCUT2D eigenvalue weighted by atomic mass is 9.91. The predicted octanol–water partition coefficient (Wildman–Crippen LogP) is 4.47. The molecule has 0 radical (unpaired) electrons.